The Bertz CT molecular complexity index is 618. The van der Waals surface area contributed by atoms with E-state index < -0.39 is 0 Å². The maximum atomic E-state index is 12.2. The topological polar surface area (TPSA) is 29.1 Å². The highest BCUT2D eigenvalue weighted by Crippen LogP contribution is 2.30. The van der Waals surface area contributed by atoms with Crippen LogP contribution in [0, 0.1) is 13.8 Å². The second-order valence-electron chi connectivity index (χ2n) is 4.37. The Labute approximate surface area is 122 Å². The Morgan fingerprint density at radius 3 is 2.26 bits per heavy atom. The largest absolute Gasteiger partial charge is 0.319 e. The first-order chi connectivity index (χ1) is 8.99. The minimum Gasteiger partial charge on any atom is -0.319 e. The number of benzene rings is 2. The molecule has 98 valence electrons. The molecule has 1 N–H and O–H groups in total. The van der Waals surface area contributed by atoms with E-state index in [4.69, 9.17) is 23.2 Å². The Hall–Kier alpha value is -1.51. The van der Waals surface area contributed by atoms with Crippen molar-refractivity contribution in [3.63, 3.8) is 0 Å². The maximum absolute atomic E-state index is 12.2. The Balaban J connectivity index is 2.31. The van der Waals surface area contributed by atoms with Crippen molar-refractivity contribution < 1.29 is 4.79 Å². The van der Waals surface area contributed by atoms with Crippen LogP contribution in [0.3, 0.4) is 0 Å². The number of hydrogen-bond donors (Lipinski definition) is 1. The molecule has 0 aliphatic rings. The van der Waals surface area contributed by atoms with Gasteiger partial charge in [-0.25, -0.2) is 0 Å². The van der Waals surface area contributed by atoms with Gasteiger partial charge >= 0.3 is 0 Å². The number of hydrogen-bond acceptors (Lipinski definition) is 1. The van der Waals surface area contributed by atoms with E-state index in [1.165, 1.54) is 0 Å². The molecule has 0 aliphatic heterocycles. The fourth-order valence-corrected chi connectivity index (χ4v) is 2.36. The van der Waals surface area contributed by atoms with Crippen molar-refractivity contribution in [2.24, 2.45) is 0 Å². The smallest absolute Gasteiger partial charge is 0.256 e. The third-order valence-corrected chi connectivity index (χ3v) is 3.46. The third-order valence-electron chi connectivity index (χ3n) is 2.83. The molecule has 2 aromatic rings. The van der Waals surface area contributed by atoms with Crippen LogP contribution < -0.4 is 5.32 Å². The van der Waals surface area contributed by atoms with Gasteiger partial charge in [0.2, 0.25) is 0 Å². The zero-order valence-corrected chi connectivity index (χ0v) is 12.1. The highest BCUT2D eigenvalue weighted by molar-refractivity contribution is 6.40. The molecule has 0 radical (unpaired) electrons. The molecule has 0 atom stereocenters. The highest BCUT2D eigenvalue weighted by atomic mass is 35.5. The number of para-hydroxylation sites is 1. The van der Waals surface area contributed by atoms with Crippen LogP contribution in [0.15, 0.2) is 36.4 Å². The molecular formula is C15H13Cl2NO. The van der Waals surface area contributed by atoms with Crippen molar-refractivity contribution in [3.05, 3.63) is 63.1 Å². The molecule has 0 aromatic heterocycles. The van der Waals surface area contributed by atoms with Crippen molar-refractivity contribution >= 4 is 34.8 Å². The second kappa shape index (κ2) is 5.64. The molecule has 19 heavy (non-hydrogen) atoms. The van der Waals surface area contributed by atoms with Crippen LogP contribution in [0.25, 0.3) is 0 Å². The van der Waals surface area contributed by atoms with E-state index in [9.17, 15) is 4.79 Å². The Morgan fingerprint density at radius 2 is 1.68 bits per heavy atom. The molecule has 0 aliphatic carbocycles. The summed E-state index contributed by atoms with van der Waals surface area (Å²) in [6.45, 7) is 3.88. The van der Waals surface area contributed by atoms with Crippen LogP contribution in [0.1, 0.15) is 21.5 Å². The number of rotatable bonds is 2. The van der Waals surface area contributed by atoms with Gasteiger partial charge in [0.1, 0.15) is 0 Å². The monoisotopic (exact) mass is 293 g/mol. The van der Waals surface area contributed by atoms with Crippen molar-refractivity contribution in [1.29, 1.82) is 0 Å². The minimum atomic E-state index is -0.215. The molecule has 0 saturated heterocycles. The molecule has 0 bridgehead atoms. The molecule has 1 amide bonds. The fourth-order valence-electron chi connectivity index (χ4n) is 1.87. The number of carbonyl (C=O) groups is 1. The van der Waals surface area contributed by atoms with Gasteiger partial charge < -0.3 is 5.32 Å². The van der Waals surface area contributed by atoms with Gasteiger partial charge in [0.15, 0.2) is 0 Å². The van der Waals surface area contributed by atoms with E-state index >= 15 is 0 Å². The van der Waals surface area contributed by atoms with Crippen molar-refractivity contribution in [1.82, 2.24) is 0 Å². The first-order valence-corrected chi connectivity index (χ1v) is 6.57. The van der Waals surface area contributed by atoms with Gasteiger partial charge in [-0.05, 0) is 37.6 Å². The van der Waals surface area contributed by atoms with E-state index in [-0.39, 0.29) is 5.91 Å². The van der Waals surface area contributed by atoms with E-state index in [0.717, 1.165) is 11.1 Å². The molecule has 4 heteroatoms. The van der Waals surface area contributed by atoms with Crippen molar-refractivity contribution in [3.8, 4) is 0 Å². The summed E-state index contributed by atoms with van der Waals surface area (Å²) in [5.74, 6) is -0.215. The number of carbonyl (C=O) groups excluding carboxylic acids is 1. The number of halogens is 2. The predicted octanol–water partition coefficient (Wildman–Crippen LogP) is 4.86. The summed E-state index contributed by atoms with van der Waals surface area (Å²) < 4.78 is 0. The van der Waals surface area contributed by atoms with Gasteiger partial charge in [0.05, 0.1) is 15.7 Å². The standard InChI is InChI=1S/C15H13Cl2NO/c1-9-6-7-11(10(2)8-9)15(19)18-14-12(16)4-3-5-13(14)17/h3-8H,1-2H3,(H,18,19). The summed E-state index contributed by atoms with van der Waals surface area (Å²) in [5.41, 5.74) is 3.09. The van der Waals surface area contributed by atoms with Gasteiger partial charge in [-0.2, -0.15) is 0 Å². The summed E-state index contributed by atoms with van der Waals surface area (Å²) in [6.07, 6.45) is 0. The average molecular weight is 294 g/mol. The highest BCUT2D eigenvalue weighted by Gasteiger charge is 2.13. The van der Waals surface area contributed by atoms with E-state index in [1.807, 2.05) is 26.0 Å². The van der Waals surface area contributed by atoms with Crippen LogP contribution >= 0.6 is 23.2 Å². The first-order valence-electron chi connectivity index (χ1n) is 5.81. The van der Waals surface area contributed by atoms with Crippen LogP contribution in [-0.4, -0.2) is 5.91 Å². The second-order valence-corrected chi connectivity index (χ2v) is 5.18. The molecule has 0 unspecified atom stereocenters. The van der Waals surface area contributed by atoms with Crippen LogP contribution in [0.5, 0.6) is 0 Å². The lowest BCUT2D eigenvalue weighted by Crippen LogP contribution is -2.14. The molecule has 0 fully saturated rings. The van der Waals surface area contributed by atoms with Gasteiger partial charge in [-0.15, -0.1) is 0 Å². The summed E-state index contributed by atoms with van der Waals surface area (Å²) in [6, 6.07) is 10.8. The minimum absolute atomic E-state index is 0.215. The zero-order valence-electron chi connectivity index (χ0n) is 10.6. The Kier molecular flexibility index (Phi) is 4.13. The molecule has 2 aromatic carbocycles. The lowest BCUT2D eigenvalue weighted by Gasteiger charge is -2.11. The fraction of sp³-hybridized carbons (Fsp3) is 0.133. The molecule has 2 rings (SSSR count). The molecule has 0 saturated carbocycles. The lowest BCUT2D eigenvalue weighted by molar-refractivity contribution is 0.102. The van der Waals surface area contributed by atoms with Crippen LogP contribution in [0.4, 0.5) is 5.69 Å². The Morgan fingerprint density at radius 1 is 1.05 bits per heavy atom. The van der Waals surface area contributed by atoms with Gasteiger partial charge in [-0.1, -0.05) is 47.0 Å². The lowest BCUT2D eigenvalue weighted by atomic mass is 10.1. The van der Waals surface area contributed by atoms with Crippen molar-refractivity contribution in [2.75, 3.05) is 5.32 Å². The summed E-state index contributed by atoms with van der Waals surface area (Å²) >= 11 is 12.1. The number of aryl methyl sites for hydroxylation is 2. The first kappa shape index (κ1) is 13.9. The number of nitrogens with one attached hydrogen (secondary N) is 1. The maximum Gasteiger partial charge on any atom is 0.256 e. The van der Waals surface area contributed by atoms with E-state index in [0.29, 0.717) is 21.3 Å². The molecular weight excluding hydrogens is 281 g/mol. The molecule has 0 heterocycles. The summed E-state index contributed by atoms with van der Waals surface area (Å²) in [4.78, 5) is 12.2. The van der Waals surface area contributed by atoms with Crippen molar-refractivity contribution in [2.45, 2.75) is 13.8 Å². The molecule has 0 spiro atoms. The number of amides is 1. The van der Waals surface area contributed by atoms with E-state index in [2.05, 4.69) is 5.32 Å². The average Bonchev–Trinajstić information content (AvgIpc) is 2.33. The zero-order chi connectivity index (χ0) is 14.0. The van der Waals surface area contributed by atoms with Gasteiger partial charge in [0, 0.05) is 5.56 Å². The normalized spacial score (nSPS) is 10.3. The van der Waals surface area contributed by atoms with Gasteiger partial charge in [-0.3, -0.25) is 4.79 Å². The van der Waals surface area contributed by atoms with Crippen LogP contribution in [-0.2, 0) is 0 Å². The summed E-state index contributed by atoms with van der Waals surface area (Å²) in [7, 11) is 0. The summed E-state index contributed by atoms with van der Waals surface area (Å²) in [5, 5.41) is 3.60. The quantitative estimate of drug-likeness (QED) is 0.841. The van der Waals surface area contributed by atoms with Gasteiger partial charge in [0.25, 0.3) is 5.91 Å². The number of anilines is 1. The third kappa shape index (κ3) is 3.09. The molecule has 2 nitrogen and oxygen atoms in total. The van der Waals surface area contributed by atoms with Crippen LogP contribution in [0.2, 0.25) is 10.0 Å². The van der Waals surface area contributed by atoms with E-state index in [1.54, 1.807) is 24.3 Å². The SMILES string of the molecule is Cc1ccc(C(=O)Nc2c(Cl)cccc2Cl)c(C)c1. The predicted molar refractivity (Wildman–Crippen MR) is 80.3 cm³/mol.